The van der Waals surface area contributed by atoms with Crippen molar-refractivity contribution in [1.29, 1.82) is 0 Å². The number of carbonyl (C=O) groups is 1. The summed E-state index contributed by atoms with van der Waals surface area (Å²) in [7, 11) is 1.16. The first kappa shape index (κ1) is 13.5. The van der Waals surface area contributed by atoms with Crippen LogP contribution in [0, 0.1) is 5.82 Å². The fourth-order valence-electron chi connectivity index (χ4n) is 1.31. The first-order valence-corrected chi connectivity index (χ1v) is 4.98. The molecule has 1 aromatic rings. The summed E-state index contributed by atoms with van der Waals surface area (Å²) in [6.45, 7) is 0. The van der Waals surface area contributed by atoms with Crippen LogP contribution in [-0.4, -0.2) is 29.3 Å². The van der Waals surface area contributed by atoms with Gasteiger partial charge >= 0.3 is 5.97 Å². The standard InChI is InChI=1S/C10H11ClFNO4/c1-17-9-7(12)5(11)2-4(8(9)14)3-6(13)10(15)16/h2,6,14H,3,13H2,1H3,(H,15,16). The molecule has 0 saturated carbocycles. The lowest BCUT2D eigenvalue weighted by Gasteiger charge is -2.13. The Morgan fingerprint density at radius 3 is 2.76 bits per heavy atom. The Hall–Kier alpha value is -1.53. The van der Waals surface area contributed by atoms with E-state index in [4.69, 9.17) is 22.4 Å². The Morgan fingerprint density at radius 1 is 1.71 bits per heavy atom. The maximum Gasteiger partial charge on any atom is 0.320 e. The van der Waals surface area contributed by atoms with Gasteiger partial charge < -0.3 is 20.7 Å². The zero-order chi connectivity index (χ0) is 13.2. The van der Waals surface area contributed by atoms with E-state index in [0.29, 0.717) is 0 Å². The van der Waals surface area contributed by atoms with Crippen LogP contribution < -0.4 is 10.5 Å². The van der Waals surface area contributed by atoms with Crippen LogP contribution in [0.3, 0.4) is 0 Å². The molecule has 17 heavy (non-hydrogen) atoms. The summed E-state index contributed by atoms with van der Waals surface area (Å²) in [6.07, 6.45) is -0.183. The van der Waals surface area contributed by atoms with Crippen LogP contribution in [0.4, 0.5) is 4.39 Å². The second-order valence-electron chi connectivity index (χ2n) is 3.36. The number of aromatic hydroxyl groups is 1. The molecular formula is C10H11ClFNO4. The molecule has 0 aliphatic rings. The molecule has 0 fully saturated rings. The summed E-state index contributed by atoms with van der Waals surface area (Å²) in [5.74, 6) is -3.06. The molecule has 1 unspecified atom stereocenters. The summed E-state index contributed by atoms with van der Waals surface area (Å²) in [5.41, 5.74) is 5.42. The molecule has 0 amide bonds. The van der Waals surface area contributed by atoms with Gasteiger partial charge in [0.05, 0.1) is 12.1 Å². The van der Waals surface area contributed by atoms with Gasteiger partial charge in [0.1, 0.15) is 6.04 Å². The van der Waals surface area contributed by atoms with E-state index in [9.17, 15) is 14.3 Å². The summed E-state index contributed by atoms with van der Waals surface area (Å²) >= 11 is 5.58. The maximum atomic E-state index is 13.4. The van der Waals surface area contributed by atoms with Crippen LogP contribution in [-0.2, 0) is 11.2 Å². The van der Waals surface area contributed by atoms with Gasteiger partial charge in [-0.05, 0) is 6.07 Å². The highest BCUT2D eigenvalue weighted by Gasteiger charge is 2.21. The Morgan fingerprint density at radius 2 is 2.29 bits per heavy atom. The third-order valence-corrected chi connectivity index (χ3v) is 2.47. The highest BCUT2D eigenvalue weighted by Crippen LogP contribution is 2.37. The minimum Gasteiger partial charge on any atom is -0.504 e. The zero-order valence-electron chi connectivity index (χ0n) is 8.91. The Labute approximate surface area is 102 Å². The molecule has 0 aliphatic carbocycles. The largest absolute Gasteiger partial charge is 0.504 e. The lowest BCUT2D eigenvalue weighted by Crippen LogP contribution is -2.32. The average Bonchev–Trinajstić information content (AvgIpc) is 2.26. The number of benzene rings is 1. The van der Waals surface area contributed by atoms with Gasteiger partial charge in [-0.1, -0.05) is 11.6 Å². The molecular weight excluding hydrogens is 253 g/mol. The molecule has 4 N–H and O–H groups in total. The highest BCUT2D eigenvalue weighted by atomic mass is 35.5. The van der Waals surface area contributed by atoms with Crippen molar-refractivity contribution in [1.82, 2.24) is 0 Å². The van der Waals surface area contributed by atoms with Gasteiger partial charge in [0.15, 0.2) is 17.3 Å². The maximum absolute atomic E-state index is 13.4. The third-order valence-electron chi connectivity index (χ3n) is 2.19. The molecule has 5 nitrogen and oxygen atoms in total. The van der Waals surface area contributed by atoms with Crippen molar-refractivity contribution in [3.63, 3.8) is 0 Å². The monoisotopic (exact) mass is 263 g/mol. The smallest absolute Gasteiger partial charge is 0.320 e. The minimum absolute atomic E-state index is 0.114. The first-order chi connectivity index (χ1) is 7.88. The van der Waals surface area contributed by atoms with E-state index in [1.807, 2.05) is 0 Å². The summed E-state index contributed by atoms with van der Waals surface area (Å²) < 4.78 is 18.0. The number of carboxylic acid groups (broad SMARTS) is 1. The molecule has 0 radical (unpaired) electrons. The predicted octanol–water partition coefficient (Wildman–Crippen LogP) is 1.15. The van der Waals surface area contributed by atoms with Gasteiger partial charge in [0, 0.05) is 12.0 Å². The molecule has 0 aromatic heterocycles. The van der Waals surface area contributed by atoms with Gasteiger partial charge in [-0.3, -0.25) is 4.79 Å². The van der Waals surface area contributed by atoms with Gasteiger partial charge in [0.2, 0.25) is 0 Å². The van der Waals surface area contributed by atoms with E-state index >= 15 is 0 Å². The number of ether oxygens (including phenoxy) is 1. The topological polar surface area (TPSA) is 92.8 Å². The molecule has 0 heterocycles. The van der Waals surface area contributed by atoms with Gasteiger partial charge in [-0.25, -0.2) is 4.39 Å². The van der Waals surface area contributed by atoms with Crippen LogP contribution in [0.2, 0.25) is 5.02 Å². The van der Waals surface area contributed by atoms with Crippen molar-refractivity contribution >= 4 is 17.6 Å². The second kappa shape index (κ2) is 5.20. The van der Waals surface area contributed by atoms with Gasteiger partial charge in [-0.15, -0.1) is 0 Å². The molecule has 0 aliphatic heterocycles. The van der Waals surface area contributed by atoms with Crippen molar-refractivity contribution in [2.75, 3.05) is 7.11 Å². The Kier molecular flexibility index (Phi) is 4.14. The van der Waals surface area contributed by atoms with Crippen molar-refractivity contribution in [2.45, 2.75) is 12.5 Å². The van der Waals surface area contributed by atoms with E-state index in [-0.39, 0.29) is 17.0 Å². The molecule has 7 heteroatoms. The van der Waals surface area contributed by atoms with E-state index in [1.54, 1.807) is 0 Å². The van der Waals surface area contributed by atoms with Crippen molar-refractivity contribution in [3.05, 3.63) is 22.5 Å². The SMILES string of the molecule is COc1c(O)c(CC(N)C(=O)O)cc(Cl)c1F. The molecule has 0 bridgehead atoms. The van der Waals surface area contributed by atoms with E-state index in [0.717, 1.165) is 13.2 Å². The molecule has 94 valence electrons. The predicted molar refractivity (Wildman–Crippen MR) is 58.9 cm³/mol. The van der Waals surface area contributed by atoms with Crippen molar-refractivity contribution in [3.8, 4) is 11.5 Å². The van der Waals surface area contributed by atoms with Crippen LogP contribution in [0.1, 0.15) is 5.56 Å². The van der Waals surface area contributed by atoms with Crippen LogP contribution >= 0.6 is 11.6 Å². The molecule has 0 saturated heterocycles. The fourth-order valence-corrected chi connectivity index (χ4v) is 1.53. The summed E-state index contributed by atoms with van der Waals surface area (Å²) in [6, 6.07) is -0.0931. The first-order valence-electron chi connectivity index (χ1n) is 4.60. The number of carboxylic acids is 1. The number of nitrogens with two attached hydrogens (primary N) is 1. The third kappa shape index (κ3) is 2.78. The minimum atomic E-state index is -1.23. The number of phenols is 1. The normalized spacial score (nSPS) is 12.2. The van der Waals surface area contributed by atoms with Gasteiger partial charge in [0.25, 0.3) is 0 Å². The molecule has 1 atom stereocenters. The summed E-state index contributed by atoms with van der Waals surface area (Å²) in [5, 5.41) is 18.0. The van der Waals surface area contributed by atoms with E-state index < -0.39 is 29.3 Å². The van der Waals surface area contributed by atoms with Crippen LogP contribution in [0.25, 0.3) is 0 Å². The van der Waals surface area contributed by atoms with Crippen LogP contribution in [0.15, 0.2) is 6.07 Å². The number of hydrogen-bond donors (Lipinski definition) is 3. The Bertz CT molecular complexity index is 452. The van der Waals surface area contributed by atoms with E-state index in [1.165, 1.54) is 0 Å². The highest BCUT2D eigenvalue weighted by molar-refractivity contribution is 6.31. The zero-order valence-corrected chi connectivity index (χ0v) is 9.66. The quantitative estimate of drug-likeness (QED) is 0.758. The number of rotatable bonds is 4. The Balaban J connectivity index is 3.17. The number of hydrogen-bond acceptors (Lipinski definition) is 4. The number of aliphatic carboxylic acids is 1. The van der Waals surface area contributed by atoms with Crippen LogP contribution in [0.5, 0.6) is 11.5 Å². The van der Waals surface area contributed by atoms with Crippen molar-refractivity contribution < 1.29 is 24.1 Å². The van der Waals surface area contributed by atoms with Crippen molar-refractivity contribution in [2.24, 2.45) is 5.73 Å². The summed E-state index contributed by atoms with van der Waals surface area (Å²) in [4.78, 5) is 10.6. The number of halogens is 2. The average molecular weight is 264 g/mol. The van der Waals surface area contributed by atoms with Gasteiger partial charge in [-0.2, -0.15) is 0 Å². The second-order valence-corrected chi connectivity index (χ2v) is 3.77. The molecule has 0 spiro atoms. The van der Waals surface area contributed by atoms with E-state index in [2.05, 4.69) is 4.74 Å². The molecule has 1 rings (SSSR count). The lowest BCUT2D eigenvalue weighted by molar-refractivity contribution is -0.138. The number of phenolic OH excluding ortho intramolecular Hbond substituents is 1. The lowest BCUT2D eigenvalue weighted by atomic mass is 10.0. The molecule has 1 aromatic carbocycles. The number of methoxy groups -OCH3 is 1. The fraction of sp³-hybridized carbons (Fsp3) is 0.300.